The van der Waals surface area contributed by atoms with E-state index in [1.807, 2.05) is 48.5 Å². The molecule has 0 radical (unpaired) electrons. The molecule has 0 aliphatic carbocycles. The van der Waals surface area contributed by atoms with E-state index >= 15 is 0 Å². The maximum atomic E-state index is 12.3. The van der Waals surface area contributed by atoms with Crippen LogP contribution in [0.2, 0.25) is 0 Å². The van der Waals surface area contributed by atoms with E-state index in [2.05, 4.69) is 27.9 Å². The first-order valence-electron chi connectivity index (χ1n) is 7.30. The van der Waals surface area contributed by atoms with E-state index in [-0.39, 0.29) is 12.5 Å². The van der Waals surface area contributed by atoms with E-state index < -0.39 is 5.97 Å². The molecule has 122 valence electrons. The van der Waals surface area contributed by atoms with Gasteiger partial charge in [-0.25, -0.2) is 4.79 Å². The molecule has 1 amide bonds. The number of nitrogens with one attached hydrogen (secondary N) is 1. The van der Waals surface area contributed by atoms with E-state index in [1.165, 1.54) is 7.11 Å². The molecular formula is C18H15IN2O3. The molecule has 0 fully saturated rings. The molecule has 5 nitrogen and oxygen atoms in total. The number of nitrogens with zero attached hydrogens (tertiary/aromatic N) is 1. The van der Waals surface area contributed by atoms with Crippen molar-refractivity contribution in [2.24, 2.45) is 0 Å². The van der Waals surface area contributed by atoms with Crippen molar-refractivity contribution >= 4 is 51.1 Å². The van der Waals surface area contributed by atoms with Crippen LogP contribution in [0.1, 0.15) is 10.4 Å². The van der Waals surface area contributed by atoms with Crippen LogP contribution in [-0.2, 0) is 16.1 Å². The second kappa shape index (κ2) is 7.04. The zero-order valence-corrected chi connectivity index (χ0v) is 15.1. The van der Waals surface area contributed by atoms with Crippen molar-refractivity contribution in [2.75, 3.05) is 12.4 Å². The van der Waals surface area contributed by atoms with E-state index in [1.54, 1.807) is 10.8 Å². The quantitative estimate of drug-likeness (QED) is 0.504. The number of aromatic nitrogens is 1. The van der Waals surface area contributed by atoms with Gasteiger partial charge in [-0.3, -0.25) is 4.79 Å². The van der Waals surface area contributed by atoms with Gasteiger partial charge >= 0.3 is 5.97 Å². The van der Waals surface area contributed by atoms with Gasteiger partial charge in [0.2, 0.25) is 5.91 Å². The normalized spacial score (nSPS) is 10.6. The number of carbonyl (C=O) groups excluding carboxylic acids is 2. The van der Waals surface area contributed by atoms with Crippen molar-refractivity contribution in [1.29, 1.82) is 0 Å². The van der Waals surface area contributed by atoms with Gasteiger partial charge in [0.25, 0.3) is 0 Å². The van der Waals surface area contributed by atoms with Crippen LogP contribution in [0.4, 0.5) is 5.69 Å². The fraction of sp³-hybridized carbons (Fsp3) is 0.111. The molecule has 0 aliphatic rings. The standard InChI is InChI=1S/C18H15IN2O3/c1-24-18(23)15-10-21(16-8-3-2-7-14(15)16)11-17(22)20-13-6-4-5-12(19)9-13/h2-10H,11H2,1H3,(H,20,22). The molecule has 3 aromatic rings. The molecule has 6 heteroatoms. The van der Waals surface area contributed by atoms with Crippen LogP contribution < -0.4 is 5.32 Å². The summed E-state index contributed by atoms with van der Waals surface area (Å²) >= 11 is 2.19. The van der Waals surface area contributed by atoms with Crippen LogP contribution in [0, 0.1) is 3.57 Å². The fourth-order valence-electron chi connectivity index (χ4n) is 2.57. The summed E-state index contributed by atoms with van der Waals surface area (Å²) in [6.07, 6.45) is 1.66. The smallest absolute Gasteiger partial charge is 0.340 e. The van der Waals surface area contributed by atoms with Gasteiger partial charge in [-0.1, -0.05) is 24.3 Å². The van der Waals surface area contributed by atoms with Gasteiger partial charge in [0.15, 0.2) is 0 Å². The minimum absolute atomic E-state index is 0.114. The second-order valence-corrected chi connectivity index (χ2v) is 6.48. The molecule has 0 spiro atoms. The van der Waals surface area contributed by atoms with E-state index in [0.29, 0.717) is 5.56 Å². The number of hydrogen-bond donors (Lipinski definition) is 1. The molecule has 0 aliphatic heterocycles. The number of halogens is 1. The third-order valence-corrected chi connectivity index (χ3v) is 4.29. The zero-order chi connectivity index (χ0) is 17.1. The number of para-hydroxylation sites is 1. The van der Waals surface area contributed by atoms with E-state index in [0.717, 1.165) is 20.2 Å². The van der Waals surface area contributed by atoms with Crippen molar-refractivity contribution in [3.8, 4) is 0 Å². The third kappa shape index (κ3) is 3.43. The van der Waals surface area contributed by atoms with Crippen LogP contribution in [0.15, 0.2) is 54.7 Å². The molecular weight excluding hydrogens is 419 g/mol. The predicted molar refractivity (Wildman–Crippen MR) is 101 cm³/mol. The first-order valence-corrected chi connectivity index (χ1v) is 8.38. The molecule has 0 atom stereocenters. The monoisotopic (exact) mass is 434 g/mol. The largest absolute Gasteiger partial charge is 0.465 e. The van der Waals surface area contributed by atoms with Crippen LogP contribution in [0.5, 0.6) is 0 Å². The number of benzene rings is 2. The summed E-state index contributed by atoms with van der Waals surface area (Å²) in [6.45, 7) is 0.114. The van der Waals surface area contributed by atoms with E-state index in [9.17, 15) is 9.59 Å². The number of hydrogen-bond acceptors (Lipinski definition) is 3. The highest BCUT2D eigenvalue weighted by Gasteiger charge is 2.16. The highest BCUT2D eigenvalue weighted by atomic mass is 127. The summed E-state index contributed by atoms with van der Waals surface area (Å²) in [7, 11) is 1.35. The molecule has 0 saturated carbocycles. The SMILES string of the molecule is COC(=O)c1cn(CC(=O)Nc2cccc(I)c2)c2ccccc12. The summed E-state index contributed by atoms with van der Waals surface area (Å²) in [5.41, 5.74) is 2.02. The molecule has 2 aromatic carbocycles. The van der Waals surface area contributed by atoms with Gasteiger partial charge < -0.3 is 14.6 Å². The lowest BCUT2D eigenvalue weighted by Crippen LogP contribution is -2.18. The Balaban J connectivity index is 1.87. The average Bonchev–Trinajstić information content (AvgIpc) is 2.93. The van der Waals surface area contributed by atoms with Crippen molar-refractivity contribution in [2.45, 2.75) is 6.54 Å². The van der Waals surface area contributed by atoms with Crippen LogP contribution in [-0.4, -0.2) is 23.6 Å². The summed E-state index contributed by atoms with van der Waals surface area (Å²) < 4.78 is 7.62. The number of amides is 1. The molecule has 1 aromatic heterocycles. The summed E-state index contributed by atoms with van der Waals surface area (Å²) in [6, 6.07) is 15.0. The van der Waals surface area contributed by atoms with Crippen LogP contribution in [0.3, 0.4) is 0 Å². The van der Waals surface area contributed by atoms with Gasteiger partial charge in [-0.05, 0) is 46.9 Å². The Labute approximate surface area is 152 Å². The van der Waals surface area contributed by atoms with Crippen molar-refractivity contribution in [3.05, 3.63) is 63.9 Å². The number of anilines is 1. The summed E-state index contributed by atoms with van der Waals surface area (Å²) in [5.74, 6) is -0.572. The topological polar surface area (TPSA) is 60.3 Å². The molecule has 24 heavy (non-hydrogen) atoms. The van der Waals surface area contributed by atoms with Gasteiger partial charge in [0.05, 0.1) is 12.7 Å². The lowest BCUT2D eigenvalue weighted by Gasteiger charge is -2.07. The maximum absolute atomic E-state index is 12.3. The summed E-state index contributed by atoms with van der Waals surface area (Å²) in [4.78, 5) is 24.3. The molecule has 3 rings (SSSR count). The minimum atomic E-state index is -0.414. The Morgan fingerprint density at radius 1 is 1.17 bits per heavy atom. The Morgan fingerprint density at radius 3 is 2.71 bits per heavy atom. The number of esters is 1. The number of fused-ring (bicyclic) bond motifs is 1. The molecule has 0 unspecified atom stereocenters. The molecule has 1 N–H and O–H groups in total. The van der Waals surface area contributed by atoms with E-state index in [4.69, 9.17) is 4.74 Å². The lowest BCUT2D eigenvalue weighted by atomic mass is 10.2. The number of rotatable bonds is 4. The average molecular weight is 434 g/mol. The Bertz CT molecular complexity index is 918. The lowest BCUT2D eigenvalue weighted by molar-refractivity contribution is -0.116. The first kappa shape index (κ1) is 16.5. The molecule has 1 heterocycles. The van der Waals surface area contributed by atoms with Crippen molar-refractivity contribution in [3.63, 3.8) is 0 Å². The van der Waals surface area contributed by atoms with Gasteiger partial charge in [0.1, 0.15) is 6.54 Å². The Morgan fingerprint density at radius 2 is 1.96 bits per heavy atom. The molecule has 0 saturated heterocycles. The van der Waals surface area contributed by atoms with Gasteiger partial charge in [-0.2, -0.15) is 0 Å². The second-order valence-electron chi connectivity index (χ2n) is 5.24. The first-order chi connectivity index (χ1) is 11.6. The van der Waals surface area contributed by atoms with Gasteiger partial charge in [-0.15, -0.1) is 0 Å². The number of carbonyl (C=O) groups is 2. The molecule has 0 bridgehead atoms. The minimum Gasteiger partial charge on any atom is -0.465 e. The fourth-order valence-corrected chi connectivity index (χ4v) is 3.11. The summed E-state index contributed by atoms with van der Waals surface area (Å²) in [5, 5.41) is 3.64. The number of ether oxygens (including phenoxy) is 1. The van der Waals surface area contributed by atoms with Crippen molar-refractivity contribution < 1.29 is 14.3 Å². The predicted octanol–water partition coefficient (Wildman–Crippen LogP) is 3.67. The third-order valence-electron chi connectivity index (χ3n) is 3.62. The Hall–Kier alpha value is -2.35. The maximum Gasteiger partial charge on any atom is 0.340 e. The highest BCUT2D eigenvalue weighted by Crippen LogP contribution is 2.22. The van der Waals surface area contributed by atoms with Crippen LogP contribution >= 0.6 is 22.6 Å². The number of methoxy groups -OCH3 is 1. The van der Waals surface area contributed by atoms with Gasteiger partial charge in [0, 0.05) is 26.4 Å². The van der Waals surface area contributed by atoms with Crippen LogP contribution in [0.25, 0.3) is 10.9 Å². The Kier molecular flexibility index (Phi) is 4.84. The zero-order valence-electron chi connectivity index (χ0n) is 13.0. The highest BCUT2D eigenvalue weighted by molar-refractivity contribution is 14.1. The van der Waals surface area contributed by atoms with Crippen molar-refractivity contribution in [1.82, 2.24) is 4.57 Å².